The first-order valence-corrected chi connectivity index (χ1v) is 7.58. The number of halogens is 1. The maximum Gasteiger partial charge on any atom is 0.142 e. The summed E-state index contributed by atoms with van der Waals surface area (Å²) in [5, 5.41) is 9.20. The standard InChI is InChI=1S/C17H18FN5/c1-22(12-17-20-6-2-7-21-17)15-5-8-23(11-15)16-4-3-14(18)9-13(16)10-19/h2-4,6-7,9,15H,5,8,11-12H2,1H3. The van der Waals surface area contributed by atoms with Crippen LogP contribution in [0.3, 0.4) is 0 Å². The van der Waals surface area contributed by atoms with Crippen molar-refractivity contribution in [3.8, 4) is 6.07 Å². The van der Waals surface area contributed by atoms with Crippen LogP contribution in [-0.4, -0.2) is 41.0 Å². The van der Waals surface area contributed by atoms with Gasteiger partial charge in [0.25, 0.3) is 0 Å². The number of hydrogen-bond acceptors (Lipinski definition) is 5. The van der Waals surface area contributed by atoms with Crippen molar-refractivity contribution in [3.05, 3.63) is 53.9 Å². The van der Waals surface area contributed by atoms with Gasteiger partial charge < -0.3 is 4.90 Å². The largest absolute Gasteiger partial charge is 0.369 e. The molecule has 1 saturated heterocycles. The fourth-order valence-corrected chi connectivity index (χ4v) is 2.96. The Bertz CT molecular complexity index is 713. The summed E-state index contributed by atoms with van der Waals surface area (Å²) in [5.74, 6) is 0.423. The summed E-state index contributed by atoms with van der Waals surface area (Å²) >= 11 is 0. The predicted octanol–water partition coefficient (Wildman–Crippen LogP) is 2.20. The molecular weight excluding hydrogens is 293 g/mol. The van der Waals surface area contributed by atoms with Crippen molar-refractivity contribution in [2.24, 2.45) is 0 Å². The summed E-state index contributed by atoms with van der Waals surface area (Å²) in [7, 11) is 2.06. The van der Waals surface area contributed by atoms with Crippen LogP contribution in [0.4, 0.5) is 10.1 Å². The second-order valence-corrected chi connectivity index (χ2v) is 5.74. The van der Waals surface area contributed by atoms with Crippen LogP contribution in [0.25, 0.3) is 0 Å². The predicted molar refractivity (Wildman–Crippen MR) is 85.2 cm³/mol. The molecule has 1 atom stereocenters. The highest BCUT2D eigenvalue weighted by Crippen LogP contribution is 2.26. The molecule has 2 aromatic rings. The van der Waals surface area contributed by atoms with Crippen LogP contribution in [0.15, 0.2) is 36.7 Å². The Morgan fingerprint density at radius 2 is 2.17 bits per heavy atom. The highest BCUT2D eigenvalue weighted by Gasteiger charge is 2.27. The highest BCUT2D eigenvalue weighted by atomic mass is 19.1. The summed E-state index contributed by atoms with van der Waals surface area (Å²) in [5.41, 5.74) is 1.19. The number of likely N-dealkylation sites (N-methyl/N-ethyl adjacent to an activating group) is 1. The van der Waals surface area contributed by atoms with E-state index in [0.29, 0.717) is 18.2 Å². The number of anilines is 1. The van der Waals surface area contributed by atoms with Crippen molar-refractivity contribution >= 4 is 5.69 Å². The van der Waals surface area contributed by atoms with Crippen LogP contribution < -0.4 is 4.90 Å². The second kappa shape index (κ2) is 6.71. The van der Waals surface area contributed by atoms with Crippen molar-refractivity contribution in [1.29, 1.82) is 5.26 Å². The van der Waals surface area contributed by atoms with Crippen LogP contribution in [0, 0.1) is 17.1 Å². The van der Waals surface area contributed by atoms with Gasteiger partial charge in [0, 0.05) is 31.5 Å². The maximum absolute atomic E-state index is 13.3. The highest BCUT2D eigenvalue weighted by molar-refractivity contribution is 5.60. The first kappa shape index (κ1) is 15.4. The lowest BCUT2D eigenvalue weighted by Gasteiger charge is -2.25. The maximum atomic E-state index is 13.3. The monoisotopic (exact) mass is 311 g/mol. The van der Waals surface area contributed by atoms with Gasteiger partial charge in [0.1, 0.15) is 17.7 Å². The Morgan fingerprint density at radius 1 is 1.39 bits per heavy atom. The Hall–Kier alpha value is -2.52. The molecule has 0 amide bonds. The normalized spacial score (nSPS) is 17.5. The fourth-order valence-electron chi connectivity index (χ4n) is 2.96. The third-order valence-corrected chi connectivity index (χ3v) is 4.22. The van der Waals surface area contributed by atoms with E-state index in [9.17, 15) is 9.65 Å². The molecule has 2 heterocycles. The van der Waals surface area contributed by atoms with Gasteiger partial charge in [-0.2, -0.15) is 5.26 Å². The molecule has 1 aliphatic rings. The lowest BCUT2D eigenvalue weighted by Crippen LogP contribution is -2.34. The van der Waals surface area contributed by atoms with Gasteiger partial charge in [-0.15, -0.1) is 0 Å². The summed E-state index contributed by atoms with van der Waals surface area (Å²) < 4.78 is 13.3. The molecule has 0 N–H and O–H groups in total. The van der Waals surface area contributed by atoms with Crippen LogP contribution >= 0.6 is 0 Å². The van der Waals surface area contributed by atoms with Gasteiger partial charge in [-0.05, 0) is 37.7 Å². The van der Waals surface area contributed by atoms with E-state index < -0.39 is 0 Å². The minimum absolute atomic E-state index is 0.357. The van der Waals surface area contributed by atoms with Crippen molar-refractivity contribution in [2.75, 3.05) is 25.0 Å². The molecule has 1 aromatic heterocycles. The van der Waals surface area contributed by atoms with E-state index in [2.05, 4.69) is 32.9 Å². The molecule has 3 rings (SSSR count). The quantitative estimate of drug-likeness (QED) is 0.866. The molecule has 1 aliphatic heterocycles. The number of nitrogens with zero attached hydrogens (tertiary/aromatic N) is 5. The molecule has 1 unspecified atom stereocenters. The molecule has 6 heteroatoms. The van der Waals surface area contributed by atoms with E-state index in [4.69, 9.17) is 0 Å². The Labute approximate surface area is 135 Å². The zero-order valence-electron chi connectivity index (χ0n) is 13.0. The average molecular weight is 311 g/mol. The van der Waals surface area contributed by atoms with Crippen molar-refractivity contribution in [1.82, 2.24) is 14.9 Å². The third-order valence-electron chi connectivity index (χ3n) is 4.22. The summed E-state index contributed by atoms with van der Waals surface area (Å²) in [4.78, 5) is 12.9. The summed E-state index contributed by atoms with van der Waals surface area (Å²) in [6, 6.07) is 8.64. The molecule has 1 aromatic carbocycles. The number of benzene rings is 1. The fraction of sp³-hybridized carbons (Fsp3) is 0.353. The molecule has 23 heavy (non-hydrogen) atoms. The van der Waals surface area contributed by atoms with Gasteiger partial charge in [0.15, 0.2) is 0 Å². The molecule has 0 bridgehead atoms. The Balaban J connectivity index is 1.68. The van der Waals surface area contributed by atoms with E-state index >= 15 is 0 Å². The first-order chi connectivity index (χ1) is 11.2. The van der Waals surface area contributed by atoms with E-state index in [1.807, 2.05) is 0 Å². The molecule has 1 fully saturated rings. The SMILES string of the molecule is CN(Cc1ncccn1)C1CCN(c2ccc(F)cc2C#N)C1. The van der Waals surface area contributed by atoms with E-state index in [1.165, 1.54) is 12.1 Å². The molecule has 0 saturated carbocycles. The molecule has 0 radical (unpaired) electrons. The smallest absolute Gasteiger partial charge is 0.142 e. The molecular formula is C17H18FN5. The number of aromatic nitrogens is 2. The van der Waals surface area contributed by atoms with Crippen LogP contribution in [0.2, 0.25) is 0 Å². The molecule has 5 nitrogen and oxygen atoms in total. The van der Waals surface area contributed by atoms with Crippen LogP contribution in [-0.2, 0) is 6.54 Å². The molecule has 0 spiro atoms. The molecule has 0 aliphatic carbocycles. The van der Waals surface area contributed by atoms with E-state index in [-0.39, 0.29) is 5.82 Å². The number of nitriles is 1. The summed E-state index contributed by atoms with van der Waals surface area (Å²) in [6.07, 6.45) is 4.48. The zero-order chi connectivity index (χ0) is 16.2. The van der Waals surface area contributed by atoms with Crippen LogP contribution in [0.1, 0.15) is 17.8 Å². The topological polar surface area (TPSA) is 56.1 Å². The van der Waals surface area contributed by atoms with Crippen molar-refractivity contribution in [3.63, 3.8) is 0 Å². The van der Waals surface area contributed by atoms with Gasteiger partial charge in [0.2, 0.25) is 0 Å². The first-order valence-electron chi connectivity index (χ1n) is 7.58. The Morgan fingerprint density at radius 3 is 2.91 bits per heavy atom. The third kappa shape index (κ3) is 3.46. The minimum atomic E-state index is -0.376. The molecule has 118 valence electrons. The van der Waals surface area contributed by atoms with Crippen LogP contribution in [0.5, 0.6) is 0 Å². The lowest BCUT2D eigenvalue weighted by molar-refractivity contribution is 0.244. The zero-order valence-corrected chi connectivity index (χ0v) is 13.0. The Kier molecular flexibility index (Phi) is 4.49. The summed E-state index contributed by atoms with van der Waals surface area (Å²) in [6.45, 7) is 2.35. The van der Waals surface area contributed by atoms with Gasteiger partial charge in [-0.25, -0.2) is 14.4 Å². The van der Waals surface area contributed by atoms with Gasteiger partial charge >= 0.3 is 0 Å². The number of rotatable bonds is 4. The van der Waals surface area contributed by atoms with Gasteiger partial charge in [-0.3, -0.25) is 4.90 Å². The second-order valence-electron chi connectivity index (χ2n) is 5.74. The van der Waals surface area contributed by atoms with Crippen molar-refractivity contribution < 1.29 is 4.39 Å². The van der Waals surface area contributed by atoms with Gasteiger partial charge in [-0.1, -0.05) is 0 Å². The average Bonchev–Trinajstić information content (AvgIpc) is 3.05. The van der Waals surface area contributed by atoms with Gasteiger partial charge in [0.05, 0.1) is 17.8 Å². The van der Waals surface area contributed by atoms with E-state index in [0.717, 1.165) is 31.0 Å². The van der Waals surface area contributed by atoms with E-state index in [1.54, 1.807) is 24.5 Å². The minimum Gasteiger partial charge on any atom is -0.369 e. The van der Waals surface area contributed by atoms with Crippen molar-refractivity contribution in [2.45, 2.75) is 19.0 Å². The lowest BCUT2D eigenvalue weighted by atomic mass is 10.1. The number of hydrogen-bond donors (Lipinski definition) is 0.